The van der Waals surface area contributed by atoms with Gasteiger partial charge in [0, 0.05) is 5.59 Å². The van der Waals surface area contributed by atoms with Crippen LogP contribution in [0.3, 0.4) is 0 Å². The van der Waals surface area contributed by atoms with Gasteiger partial charge in [0.2, 0.25) is 0 Å². The molecule has 0 spiro atoms. The van der Waals surface area contributed by atoms with E-state index in [1.807, 2.05) is 13.8 Å². The summed E-state index contributed by atoms with van der Waals surface area (Å²) in [6.45, 7) is 4.96. The van der Waals surface area contributed by atoms with Crippen LogP contribution in [0.15, 0.2) is 0 Å². The van der Waals surface area contributed by atoms with Gasteiger partial charge in [-0.15, -0.1) is 5.01 Å². The quantitative estimate of drug-likeness (QED) is 0.527. The summed E-state index contributed by atoms with van der Waals surface area (Å²) in [6.07, 6.45) is 2.44. The predicted molar refractivity (Wildman–Crippen MR) is 64.2 cm³/mol. The van der Waals surface area contributed by atoms with Crippen molar-refractivity contribution in [3.8, 4) is 0 Å². The zero-order valence-electron chi connectivity index (χ0n) is 11.0. The smallest absolute Gasteiger partial charge is 0.306 e. The molecule has 1 aliphatic carbocycles. The molecule has 0 saturated heterocycles. The summed E-state index contributed by atoms with van der Waals surface area (Å²) >= 11 is 0. The number of hydrazine groups is 2. The molecule has 0 atom stereocenters. The maximum atomic E-state index is 11.5. The number of nitrogens with one attached hydrogen (secondary N) is 1. The number of carboxylic acid groups (broad SMARTS) is 1. The molecule has 0 amide bonds. The minimum Gasteiger partial charge on any atom is -0.481 e. The first-order valence-electron chi connectivity index (χ1n) is 6.44. The van der Waals surface area contributed by atoms with Gasteiger partial charge >= 0.3 is 5.97 Å². The van der Waals surface area contributed by atoms with Gasteiger partial charge in [0.15, 0.2) is 0 Å². The number of hydrogen-bond donors (Lipinski definition) is 2. The van der Waals surface area contributed by atoms with Crippen LogP contribution in [0.1, 0.15) is 39.5 Å². The van der Waals surface area contributed by atoms with Gasteiger partial charge in [0.25, 0.3) is 4.98 Å². The molecule has 2 N–H and O–H groups in total. The lowest BCUT2D eigenvalue weighted by atomic mass is 9.88. The molecular formula is C11H22N3O4+. The summed E-state index contributed by atoms with van der Waals surface area (Å²) in [6, 6.07) is 0. The van der Waals surface area contributed by atoms with Crippen molar-refractivity contribution in [2.75, 3.05) is 13.1 Å². The fraction of sp³-hybridized carbons (Fsp3) is 0.909. The van der Waals surface area contributed by atoms with Crippen molar-refractivity contribution < 1.29 is 19.7 Å². The van der Waals surface area contributed by atoms with E-state index in [0.29, 0.717) is 43.8 Å². The van der Waals surface area contributed by atoms with E-state index in [4.69, 9.17) is 9.94 Å². The monoisotopic (exact) mass is 260 g/mol. The Hall–Kier alpha value is -1.37. The molecule has 0 aromatic rings. The Balaban J connectivity index is 2.25. The van der Waals surface area contributed by atoms with Crippen LogP contribution in [-0.2, 0) is 9.63 Å². The molecule has 1 fully saturated rings. The van der Waals surface area contributed by atoms with Crippen molar-refractivity contribution in [1.29, 1.82) is 0 Å². The van der Waals surface area contributed by atoms with Crippen LogP contribution in [0.2, 0.25) is 0 Å². The van der Waals surface area contributed by atoms with Gasteiger partial charge in [0.1, 0.15) is 0 Å². The second-order valence-electron chi connectivity index (χ2n) is 4.43. The van der Waals surface area contributed by atoms with Gasteiger partial charge in [-0.2, -0.15) is 0 Å². The molecule has 1 rings (SSSR count). The number of carbonyl (C=O) groups is 1. The summed E-state index contributed by atoms with van der Waals surface area (Å²) in [4.78, 5) is 28.2. The fourth-order valence-electron chi connectivity index (χ4n) is 2.09. The van der Waals surface area contributed by atoms with E-state index in [0.717, 1.165) is 0 Å². The highest BCUT2D eigenvalue weighted by Crippen LogP contribution is 2.25. The Morgan fingerprint density at radius 2 is 1.89 bits per heavy atom. The lowest BCUT2D eigenvalue weighted by Gasteiger charge is -2.24. The van der Waals surface area contributed by atoms with Crippen LogP contribution in [0.5, 0.6) is 0 Å². The van der Waals surface area contributed by atoms with Gasteiger partial charge in [-0.25, -0.2) is 4.84 Å². The van der Waals surface area contributed by atoms with E-state index in [9.17, 15) is 9.70 Å². The number of nitrogens with zero attached hydrogens (tertiary/aromatic N) is 2. The van der Waals surface area contributed by atoms with Crippen LogP contribution >= 0.6 is 0 Å². The standard InChI is InChI=1S/C11H21N3O4/c1-3-13(4-2)14(17)12-18-10-7-5-9(6-8-10)11(15)16/h9-10H,3-8H2,1-2H3,(H-,12,15,16,17)/p+1. The molecule has 0 aromatic heterocycles. The van der Waals surface area contributed by atoms with E-state index in [1.54, 1.807) is 5.01 Å². The Bertz CT molecular complexity index is 286. The Labute approximate surface area is 107 Å². The highest BCUT2D eigenvalue weighted by Gasteiger charge is 2.28. The Kier molecular flexibility index (Phi) is 5.84. The largest absolute Gasteiger partial charge is 0.481 e. The highest BCUT2D eigenvalue weighted by atomic mass is 16.7. The average Bonchev–Trinajstić information content (AvgIpc) is 2.38. The van der Waals surface area contributed by atoms with Gasteiger partial charge in [-0.1, -0.05) is 0 Å². The van der Waals surface area contributed by atoms with E-state index < -0.39 is 5.97 Å². The normalized spacial score (nSPS) is 23.4. The maximum absolute atomic E-state index is 11.5. The predicted octanol–water partition coefficient (Wildman–Crippen LogP) is 1.10. The van der Waals surface area contributed by atoms with Crippen LogP contribution in [0, 0.1) is 10.8 Å². The molecule has 0 bridgehead atoms. The van der Waals surface area contributed by atoms with E-state index >= 15 is 0 Å². The lowest BCUT2D eigenvalue weighted by Crippen LogP contribution is -2.44. The molecule has 1 saturated carbocycles. The van der Waals surface area contributed by atoms with Gasteiger partial charge in [0.05, 0.1) is 30.0 Å². The first-order chi connectivity index (χ1) is 8.58. The lowest BCUT2D eigenvalue weighted by molar-refractivity contribution is -0.790. The molecule has 104 valence electrons. The highest BCUT2D eigenvalue weighted by molar-refractivity contribution is 5.69. The number of nitroso groups, excluding NO2 is 1. The summed E-state index contributed by atoms with van der Waals surface area (Å²) < 4.78 is 0. The average molecular weight is 260 g/mol. The first-order valence-corrected chi connectivity index (χ1v) is 6.44. The van der Waals surface area contributed by atoms with E-state index in [2.05, 4.69) is 5.59 Å². The van der Waals surface area contributed by atoms with Crippen molar-refractivity contribution in [2.45, 2.75) is 45.6 Å². The van der Waals surface area contributed by atoms with Crippen LogP contribution in [-0.4, -0.2) is 40.3 Å². The third-order valence-corrected chi connectivity index (χ3v) is 3.31. The molecule has 0 heterocycles. The summed E-state index contributed by atoms with van der Waals surface area (Å²) in [5, 5.41) is 10.4. The third kappa shape index (κ3) is 4.14. The molecule has 0 unspecified atom stereocenters. The molecule has 1 aliphatic rings. The summed E-state index contributed by atoms with van der Waals surface area (Å²) in [5.41, 5.74) is 2.35. The number of rotatable bonds is 7. The second kappa shape index (κ2) is 7.15. The van der Waals surface area contributed by atoms with Gasteiger partial charge in [-0.3, -0.25) is 4.79 Å². The molecule has 7 nitrogen and oxygen atoms in total. The minimum atomic E-state index is -0.741. The molecule has 0 aliphatic heterocycles. The van der Waals surface area contributed by atoms with Crippen LogP contribution in [0.25, 0.3) is 0 Å². The maximum Gasteiger partial charge on any atom is 0.306 e. The molecular weight excluding hydrogens is 238 g/mol. The summed E-state index contributed by atoms with van der Waals surface area (Å²) in [7, 11) is 0. The number of hydrogen-bond acceptors (Lipinski definition) is 3. The van der Waals surface area contributed by atoms with Crippen LogP contribution in [0.4, 0.5) is 0 Å². The molecule has 0 aromatic carbocycles. The third-order valence-electron chi connectivity index (χ3n) is 3.31. The SMILES string of the molecule is CCN(CC)[N+](=O)NOC1CCC(C(=O)O)CC1. The topological polar surface area (TPSA) is 81.9 Å². The molecule has 7 heteroatoms. The molecule has 0 radical (unpaired) electrons. The zero-order valence-corrected chi connectivity index (χ0v) is 11.0. The van der Waals surface area contributed by atoms with Crippen molar-refractivity contribution in [2.24, 2.45) is 5.92 Å². The van der Waals surface area contributed by atoms with Crippen molar-refractivity contribution >= 4 is 5.97 Å². The van der Waals surface area contributed by atoms with Gasteiger partial charge in [-0.05, 0) is 39.5 Å². The Morgan fingerprint density at radius 1 is 1.33 bits per heavy atom. The van der Waals surface area contributed by atoms with Crippen molar-refractivity contribution in [1.82, 2.24) is 10.6 Å². The van der Waals surface area contributed by atoms with E-state index in [-0.39, 0.29) is 12.0 Å². The number of carboxylic acids is 1. The minimum absolute atomic E-state index is 0.0902. The second-order valence-corrected chi connectivity index (χ2v) is 4.43. The number of aliphatic carboxylic acids is 1. The zero-order chi connectivity index (χ0) is 13.5. The van der Waals surface area contributed by atoms with E-state index in [1.165, 1.54) is 0 Å². The van der Waals surface area contributed by atoms with Gasteiger partial charge < -0.3 is 5.11 Å². The van der Waals surface area contributed by atoms with Crippen molar-refractivity contribution in [3.63, 3.8) is 0 Å². The van der Waals surface area contributed by atoms with Crippen LogP contribution < -0.4 is 5.59 Å². The summed E-state index contributed by atoms with van der Waals surface area (Å²) in [5.74, 6) is -1.01. The fourth-order valence-corrected chi connectivity index (χ4v) is 2.09. The Morgan fingerprint density at radius 3 is 2.33 bits per heavy atom. The molecule has 18 heavy (non-hydrogen) atoms. The van der Waals surface area contributed by atoms with Crippen molar-refractivity contribution in [3.05, 3.63) is 4.91 Å². The first kappa shape index (κ1) is 14.7.